The van der Waals surface area contributed by atoms with Gasteiger partial charge in [0.25, 0.3) is 0 Å². The van der Waals surface area contributed by atoms with E-state index in [1.54, 1.807) is 0 Å². The third-order valence-corrected chi connectivity index (χ3v) is 3.57. The summed E-state index contributed by atoms with van der Waals surface area (Å²) in [6.07, 6.45) is 3.82. The third-order valence-electron chi connectivity index (χ3n) is 3.20. The second-order valence-corrected chi connectivity index (χ2v) is 6.75. The van der Waals surface area contributed by atoms with Gasteiger partial charge in [0.1, 0.15) is 0 Å². The Hall–Kier alpha value is 0.310. The van der Waals surface area contributed by atoms with Crippen LogP contribution < -0.4 is 0 Å². The van der Waals surface area contributed by atoms with Crippen LogP contribution in [0.1, 0.15) is 40.0 Å². The highest BCUT2D eigenvalue weighted by molar-refractivity contribution is 7.81. The summed E-state index contributed by atoms with van der Waals surface area (Å²) in [5.74, 6) is 1.58. The summed E-state index contributed by atoms with van der Waals surface area (Å²) in [6, 6.07) is 0. The minimum atomic E-state index is 0.240. The molecule has 0 aliphatic carbocycles. The Morgan fingerprint density at radius 2 is 1.79 bits per heavy atom. The van der Waals surface area contributed by atoms with E-state index in [0.717, 1.165) is 11.8 Å². The molecule has 1 saturated heterocycles. The number of thiol groups is 1. The van der Waals surface area contributed by atoms with E-state index in [-0.39, 0.29) is 4.75 Å². The van der Waals surface area contributed by atoms with E-state index in [2.05, 4.69) is 32.7 Å². The molecule has 0 aromatic carbocycles. The van der Waals surface area contributed by atoms with Crippen molar-refractivity contribution in [1.29, 1.82) is 0 Å². The van der Waals surface area contributed by atoms with Crippen molar-refractivity contribution in [1.82, 2.24) is 4.90 Å². The monoisotopic (exact) mass is 215 g/mol. The van der Waals surface area contributed by atoms with Crippen LogP contribution in [0.3, 0.4) is 0 Å². The first-order valence-electron chi connectivity index (χ1n) is 5.80. The van der Waals surface area contributed by atoms with Gasteiger partial charge in [-0.2, -0.15) is 12.6 Å². The number of rotatable bonds is 0. The Labute approximate surface area is 94.7 Å². The summed E-state index contributed by atoms with van der Waals surface area (Å²) in [4.78, 5) is 2.47. The van der Waals surface area contributed by atoms with Crippen LogP contribution in [-0.2, 0) is 0 Å². The van der Waals surface area contributed by atoms with Crippen molar-refractivity contribution in [3.63, 3.8) is 0 Å². The predicted molar refractivity (Wildman–Crippen MR) is 67.1 cm³/mol. The SMILES string of the molecule is CC1CCN(C)CC(C)CC(C)(S)C1. The fourth-order valence-electron chi connectivity index (χ4n) is 2.82. The molecule has 1 fully saturated rings. The maximum Gasteiger partial charge on any atom is 0.0107 e. The highest BCUT2D eigenvalue weighted by Gasteiger charge is 2.26. The van der Waals surface area contributed by atoms with Gasteiger partial charge >= 0.3 is 0 Å². The molecule has 3 unspecified atom stereocenters. The predicted octanol–water partition coefficient (Wildman–Crippen LogP) is 3.06. The van der Waals surface area contributed by atoms with E-state index in [1.165, 1.54) is 32.4 Å². The van der Waals surface area contributed by atoms with Gasteiger partial charge in [0.15, 0.2) is 0 Å². The first-order chi connectivity index (χ1) is 6.39. The van der Waals surface area contributed by atoms with Gasteiger partial charge in [0, 0.05) is 11.3 Å². The van der Waals surface area contributed by atoms with Crippen molar-refractivity contribution in [3.05, 3.63) is 0 Å². The van der Waals surface area contributed by atoms with E-state index in [0.29, 0.717) is 0 Å². The summed E-state index contributed by atoms with van der Waals surface area (Å²) >= 11 is 4.81. The van der Waals surface area contributed by atoms with Crippen LogP contribution in [0, 0.1) is 11.8 Å². The maximum absolute atomic E-state index is 4.81. The van der Waals surface area contributed by atoms with E-state index in [1.807, 2.05) is 0 Å². The molecule has 0 saturated carbocycles. The summed E-state index contributed by atoms with van der Waals surface area (Å²) in [7, 11) is 2.24. The summed E-state index contributed by atoms with van der Waals surface area (Å²) < 4.78 is 0.240. The fraction of sp³-hybridized carbons (Fsp3) is 1.00. The lowest BCUT2D eigenvalue weighted by Gasteiger charge is -2.28. The van der Waals surface area contributed by atoms with Crippen molar-refractivity contribution in [2.24, 2.45) is 11.8 Å². The maximum atomic E-state index is 4.81. The Bertz CT molecular complexity index is 179. The van der Waals surface area contributed by atoms with Gasteiger partial charge in [-0.3, -0.25) is 0 Å². The van der Waals surface area contributed by atoms with Crippen LogP contribution in [0.25, 0.3) is 0 Å². The van der Waals surface area contributed by atoms with Gasteiger partial charge in [-0.05, 0) is 44.7 Å². The lowest BCUT2D eigenvalue weighted by atomic mass is 9.88. The number of hydrogen-bond acceptors (Lipinski definition) is 2. The van der Waals surface area contributed by atoms with Crippen LogP contribution >= 0.6 is 12.6 Å². The molecular weight excluding hydrogens is 190 g/mol. The lowest BCUT2D eigenvalue weighted by molar-refractivity contribution is 0.274. The van der Waals surface area contributed by atoms with Crippen LogP contribution in [0.4, 0.5) is 0 Å². The third kappa shape index (κ3) is 4.22. The van der Waals surface area contributed by atoms with Crippen LogP contribution in [0.15, 0.2) is 0 Å². The van der Waals surface area contributed by atoms with Gasteiger partial charge in [-0.25, -0.2) is 0 Å². The Kier molecular flexibility index (Phi) is 4.32. The van der Waals surface area contributed by atoms with Gasteiger partial charge in [-0.1, -0.05) is 20.8 Å². The van der Waals surface area contributed by atoms with Gasteiger partial charge in [-0.15, -0.1) is 0 Å². The highest BCUT2D eigenvalue weighted by atomic mass is 32.1. The molecule has 0 aromatic heterocycles. The lowest BCUT2D eigenvalue weighted by Crippen LogP contribution is -2.27. The Morgan fingerprint density at radius 3 is 2.43 bits per heavy atom. The Balaban J connectivity index is 2.61. The largest absolute Gasteiger partial charge is 0.306 e. The second kappa shape index (κ2) is 4.89. The van der Waals surface area contributed by atoms with Crippen molar-refractivity contribution >= 4 is 12.6 Å². The molecule has 0 radical (unpaired) electrons. The van der Waals surface area contributed by atoms with Crippen molar-refractivity contribution in [2.45, 2.75) is 44.8 Å². The quantitative estimate of drug-likeness (QED) is 0.608. The van der Waals surface area contributed by atoms with Crippen LogP contribution in [0.2, 0.25) is 0 Å². The molecule has 1 aliphatic rings. The number of hydrogen-bond donors (Lipinski definition) is 1. The van der Waals surface area contributed by atoms with Crippen molar-refractivity contribution < 1.29 is 0 Å². The first kappa shape index (κ1) is 12.4. The van der Waals surface area contributed by atoms with Gasteiger partial charge in [0.05, 0.1) is 0 Å². The molecular formula is C12H25NS. The minimum Gasteiger partial charge on any atom is -0.306 e. The molecule has 3 atom stereocenters. The van der Waals surface area contributed by atoms with Crippen LogP contribution in [-0.4, -0.2) is 29.8 Å². The van der Waals surface area contributed by atoms with E-state index < -0.39 is 0 Å². The zero-order valence-corrected chi connectivity index (χ0v) is 11.0. The van der Waals surface area contributed by atoms with Crippen molar-refractivity contribution in [3.8, 4) is 0 Å². The minimum absolute atomic E-state index is 0.240. The first-order valence-corrected chi connectivity index (χ1v) is 6.25. The normalized spacial score (nSPS) is 42.6. The molecule has 0 spiro atoms. The summed E-state index contributed by atoms with van der Waals surface area (Å²) in [5, 5.41) is 0. The smallest absolute Gasteiger partial charge is 0.0107 e. The number of nitrogens with zero attached hydrogens (tertiary/aromatic N) is 1. The van der Waals surface area contributed by atoms with Gasteiger partial charge < -0.3 is 4.90 Å². The zero-order valence-electron chi connectivity index (χ0n) is 10.1. The van der Waals surface area contributed by atoms with E-state index in [4.69, 9.17) is 12.6 Å². The molecule has 84 valence electrons. The molecule has 14 heavy (non-hydrogen) atoms. The molecule has 1 heterocycles. The molecule has 2 heteroatoms. The average molecular weight is 215 g/mol. The second-order valence-electron chi connectivity index (χ2n) is 5.67. The molecule has 0 aromatic rings. The molecule has 1 nitrogen and oxygen atoms in total. The van der Waals surface area contributed by atoms with Gasteiger partial charge in [0.2, 0.25) is 0 Å². The topological polar surface area (TPSA) is 3.24 Å². The fourth-order valence-corrected chi connectivity index (χ4v) is 3.44. The Morgan fingerprint density at radius 1 is 1.21 bits per heavy atom. The molecule has 1 aliphatic heterocycles. The molecule has 0 N–H and O–H groups in total. The summed E-state index contributed by atoms with van der Waals surface area (Å²) in [5.41, 5.74) is 0. The average Bonchev–Trinajstić information content (AvgIpc) is 2.00. The van der Waals surface area contributed by atoms with Crippen molar-refractivity contribution in [2.75, 3.05) is 20.1 Å². The zero-order chi connectivity index (χ0) is 10.8. The highest BCUT2D eigenvalue weighted by Crippen LogP contribution is 2.33. The molecule has 1 rings (SSSR count). The molecule has 0 amide bonds. The molecule has 0 bridgehead atoms. The van der Waals surface area contributed by atoms with E-state index >= 15 is 0 Å². The van der Waals surface area contributed by atoms with E-state index in [9.17, 15) is 0 Å². The van der Waals surface area contributed by atoms with Crippen LogP contribution in [0.5, 0.6) is 0 Å². The standard InChI is InChI=1S/C12H25NS/c1-10-5-6-13(4)9-11(2)8-12(3,14)7-10/h10-11,14H,5-9H2,1-4H3. The summed E-state index contributed by atoms with van der Waals surface area (Å²) in [6.45, 7) is 9.48.